The Morgan fingerprint density at radius 1 is 1.11 bits per heavy atom. The topological polar surface area (TPSA) is 37.3 Å². The van der Waals surface area contributed by atoms with Crippen molar-refractivity contribution in [3.05, 3.63) is 70.8 Å². The highest BCUT2D eigenvalue weighted by Crippen LogP contribution is 2.24. The number of allylic oxidation sites excluding steroid dienone is 1. The predicted octanol–water partition coefficient (Wildman–Crippen LogP) is 3.91. The van der Waals surface area contributed by atoms with E-state index in [2.05, 4.69) is 0 Å². The van der Waals surface area contributed by atoms with Crippen molar-refractivity contribution in [2.75, 3.05) is 0 Å². The first-order valence-corrected chi connectivity index (χ1v) is 6.15. The minimum Gasteiger partial charge on any atom is -0.507 e. The first kappa shape index (κ1) is 13.1. The van der Waals surface area contributed by atoms with Crippen LogP contribution >= 0.6 is 0 Å². The standard InChI is InChI=1S/C17H16O2/c1-12-10-13(2)17(16(19)11-12)15(18)9-8-14-6-4-3-5-7-14/h3-11,19H,1-2H3. The van der Waals surface area contributed by atoms with Gasteiger partial charge in [0.25, 0.3) is 0 Å². The quantitative estimate of drug-likeness (QED) is 0.664. The molecule has 1 N–H and O–H groups in total. The molecule has 2 nitrogen and oxygen atoms in total. The van der Waals surface area contributed by atoms with Gasteiger partial charge in [-0.1, -0.05) is 42.5 Å². The third-order valence-electron chi connectivity index (χ3n) is 2.93. The van der Waals surface area contributed by atoms with Crippen LogP contribution in [0.2, 0.25) is 0 Å². The van der Waals surface area contributed by atoms with Crippen molar-refractivity contribution in [2.45, 2.75) is 13.8 Å². The summed E-state index contributed by atoms with van der Waals surface area (Å²) in [6.07, 6.45) is 3.24. The van der Waals surface area contributed by atoms with E-state index < -0.39 is 0 Å². The second kappa shape index (κ2) is 5.53. The van der Waals surface area contributed by atoms with Crippen LogP contribution in [0.4, 0.5) is 0 Å². The number of aromatic hydroxyl groups is 1. The number of aryl methyl sites for hydroxylation is 2. The lowest BCUT2D eigenvalue weighted by Crippen LogP contribution is -1.99. The van der Waals surface area contributed by atoms with Crippen LogP contribution < -0.4 is 0 Å². The maximum Gasteiger partial charge on any atom is 0.189 e. The van der Waals surface area contributed by atoms with Crippen molar-refractivity contribution in [2.24, 2.45) is 0 Å². The molecule has 0 aromatic heterocycles. The van der Waals surface area contributed by atoms with E-state index in [0.717, 1.165) is 16.7 Å². The monoisotopic (exact) mass is 252 g/mol. The lowest BCUT2D eigenvalue weighted by atomic mass is 10.00. The molecule has 0 fully saturated rings. The van der Waals surface area contributed by atoms with Gasteiger partial charge in [0.1, 0.15) is 5.75 Å². The van der Waals surface area contributed by atoms with E-state index in [4.69, 9.17) is 0 Å². The summed E-state index contributed by atoms with van der Waals surface area (Å²) in [4.78, 5) is 12.1. The molecule has 0 aliphatic heterocycles. The van der Waals surface area contributed by atoms with Crippen LogP contribution in [0.15, 0.2) is 48.5 Å². The van der Waals surface area contributed by atoms with Crippen molar-refractivity contribution < 1.29 is 9.90 Å². The van der Waals surface area contributed by atoms with Crippen LogP contribution in [0.3, 0.4) is 0 Å². The number of hydrogen-bond acceptors (Lipinski definition) is 2. The van der Waals surface area contributed by atoms with Gasteiger partial charge in [-0.15, -0.1) is 0 Å². The summed E-state index contributed by atoms with van der Waals surface area (Å²) in [6.45, 7) is 3.72. The van der Waals surface area contributed by atoms with E-state index in [1.54, 1.807) is 12.1 Å². The number of carbonyl (C=O) groups excluding carboxylic acids is 1. The van der Waals surface area contributed by atoms with Gasteiger partial charge in [0.15, 0.2) is 5.78 Å². The lowest BCUT2D eigenvalue weighted by molar-refractivity contribution is 0.104. The minimum absolute atomic E-state index is 0.0419. The average Bonchev–Trinajstić information content (AvgIpc) is 2.36. The molecule has 0 amide bonds. The molecule has 0 heterocycles. The molecule has 0 spiro atoms. The second-order valence-electron chi connectivity index (χ2n) is 4.58. The number of phenols is 1. The van der Waals surface area contributed by atoms with Crippen LogP contribution in [0.1, 0.15) is 27.0 Å². The zero-order valence-corrected chi connectivity index (χ0v) is 11.1. The molecule has 0 saturated heterocycles. The Labute approximate surface area is 113 Å². The Bertz CT molecular complexity index is 602. The molecule has 0 atom stereocenters. The first-order valence-electron chi connectivity index (χ1n) is 6.15. The summed E-state index contributed by atoms with van der Waals surface area (Å²) in [5.41, 5.74) is 3.07. The molecule has 96 valence electrons. The Balaban J connectivity index is 2.29. The van der Waals surface area contributed by atoms with E-state index in [1.165, 1.54) is 6.08 Å². The fourth-order valence-corrected chi connectivity index (χ4v) is 2.09. The molecule has 0 radical (unpaired) electrons. The smallest absolute Gasteiger partial charge is 0.189 e. The maximum absolute atomic E-state index is 12.1. The Kier molecular flexibility index (Phi) is 3.81. The fourth-order valence-electron chi connectivity index (χ4n) is 2.09. The molecule has 2 aromatic carbocycles. The van der Waals surface area contributed by atoms with Gasteiger partial charge >= 0.3 is 0 Å². The van der Waals surface area contributed by atoms with E-state index in [0.29, 0.717) is 5.56 Å². The highest BCUT2D eigenvalue weighted by atomic mass is 16.3. The first-order chi connectivity index (χ1) is 9.08. The molecule has 0 aliphatic carbocycles. The normalized spacial score (nSPS) is 10.8. The largest absolute Gasteiger partial charge is 0.507 e. The summed E-state index contributed by atoms with van der Waals surface area (Å²) >= 11 is 0. The number of carbonyl (C=O) groups is 1. The molecule has 0 bridgehead atoms. The lowest BCUT2D eigenvalue weighted by Gasteiger charge is -2.06. The molecule has 0 unspecified atom stereocenters. The van der Waals surface area contributed by atoms with Crippen LogP contribution in [0.25, 0.3) is 6.08 Å². The molecule has 2 rings (SSSR count). The van der Waals surface area contributed by atoms with Gasteiger partial charge < -0.3 is 5.11 Å². The van der Waals surface area contributed by atoms with Crippen molar-refractivity contribution in [3.63, 3.8) is 0 Å². The Morgan fingerprint density at radius 3 is 2.42 bits per heavy atom. The van der Waals surface area contributed by atoms with Gasteiger partial charge in [-0.05, 0) is 42.7 Å². The van der Waals surface area contributed by atoms with Crippen molar-refractivity contribution in [1.82, 2.24) is 0 Å². The van der Waals surface area contributed by atoms with Gasteiger partial charge in [0.2, 0.25) is 0 Å². The summed E-state index contributed by atoms with van der Waals surface area (Å²) in [6, 6.07) is 13.1. The Morgan fingerprint density at radius 2 is 1.79 bits per heavy atom. The van der Waals surface area contributed by atoms with E-state index in [9.17, 15) is 9.90 Å². The van der Waals surface area contributed by atoms with E-state index in [1.807, 2.05) is 50.2 Å². The van der Waals surface area contributed by atoms with Crippen LogP contribution in [0, 0.1) is 13.8 Å². The van der Waals surface area contributed by atoms with Gasteiger partial charge in [-0.3, -0.25) is 4.79 Å². The number of ketones is 1. The van der Waals surface area contributed by atoms with E-state index in [-0.39, 0.29) is 11.5 Å². The van der Waals surface area contributed by atoms with Crippen molar-refractivity contribution >= 4 is 11.9 Å². The molecule has 2 heteroatoms. The third-order valence-corrected chi connectivity index (χ3v) is 2.93. The highest BCUT2D eigenvalue weighted by Gasteiger charge is 2.12. The minimum atomic E-state index is -0.182. The van der Waals surface area contributed by atoms with Crippen molar-refractivity contribution in [1.29, 1.82) is 0 Å². The number of phenolic OH excluding ortho intramolecular Hbond substituents is 1. The van der Waals surface area contributed by atoms with E-state index >= 15 is 0 Å². The molecule has 19 heavy (non-hydrogen) atoms. The summed E-state index contributed by atoms with van der Waals surface area (Å²) < 4.78 is 0. The van der Waals surface area contributed by atoms with Crippen LogP contribution in [-0.2, 0) is 0 Å². The fraction of sp³-hybridized carbons (Fsp3) is 0.118. The zero-order chi connectivity index (χ0) is 13.8. The molecule has 0 saturated carbocycles. The number of benzene rings is 2. The number of hydrogen-bond donors (Lipinski definition) is 1. The van der Waals surface area contributed by atoms with Gasteiger partial charge in [0.05, 0.1) is 5.56 Å². The van der Waals surface area contributed by atoms with Gasteiger partial charge in [-0.25, -0.2) is 0 Å². The number of rotatable bonds is 3. The van der Waals surface area contributed by atoms with Crippen LogP contribution in [0.5, 0.6) is 5.75 Å². The molecule has 0 aliphatic rings. The maximum atomic E-state index is 12.1. The van der Waals surface area contributed by atoms with Gasteiger partial charge in [0, 0.05) is 0 Å². The zero-order valence-electron chi connectivity index (χ0n) is 11.1. The van der Waals surface area contributed by atoms with Crippen LogP contribution in [-0.4, -0.2) is 10.9 Å². The van der Waals surface area contributed by atoms with Crippen molar-refractivity contribution in [3.8, 4) is 5.75 Å². The average molecular weight is 252 g/mol. The molecule has 2 aromatic rings. The molecular weight excluding hydrogens is 236 g/mol. The summed E-state index contributed by atoms with van der Waals surface area (Å²) in [7, 11) is 0. The summed E-state index contributed by atoms with van der Waals surface area (Å²) in [5, 5.41) is 9.89. The predicted molar refractivity (Wildman–Crippen MR) is 77.4 cm³/mol. The second-order valence-corrected chi connectivity index (χ2v) is 4.58. The van der Waals surface area contributed by atoms with Gasteiger partial charge in [-0.2, -0.15) is 0 Å². The third kappa shape index (κ3) is 3.10. The molecular formula is C17H16O2. The Hall–Kier alpha value is -2.35. The summed E-state index contributed by atoms with van der Waals surface area (Å²) in [5.74, 6) is -0.140. The SMILES string of the molecule is Cc1cc(C)c(C(=O)C=Cc2ccccc2)c(O)c1. The highest BCUT2D eigenvalue weighted by molar-refractivity contribution is 6.09.